The van der Waals surface area contributed by atoms with E-state index in [4.69, 9.17) is 4.74 Å². The van der Waals surface area contributed by atoms with Crippen molar-refractivity contribution in [2.45, 2.75) is 65.0 Å². The van der Waals surface area contributed by atoms with Crippen molar-refractivity contribution < 1.29 is 19.1 Å². The Morgan fingerprint density at radius 2 is 1.78 bits per heavy atom. The first-order valence-electron chi connectivity index (χ1n) is 11.2. The molecule has 1 aromatic carbocycles. The number of carbonyl (C=O) groups excluding carboxylic acids is 3. The Kier molecular flexibility index (Phi) is 11.1. The van der Waals surface area contributed by atoms with Gasteiger partial charge in [-0.25, -0.2) is 4.79 Å². The minimum absolute atomic E-state index is 0.120. The fourth-order valence-corrected chi connectivity index (χ4v) is 3.71. The van der Waals surface area contributed by atoms with Crippen LogP contribution < -0.4 is 10.6 Å². The van der Waals surface area contributed by atoms with Gasteiger partial charge in [-0.05, 0) is 32.9 Å². The Morgan fingerprint density at radius 1 is 1.16 bits per heavy atom. The first-order valence-corrected chi connectivity index (χ1v) is 11.2. The molecule has 7 nitrogen and oxygen atoms in total. The summed E-state index contributed by atoms with van der Waals surface area (Å²) >= 11 is 0. The molecule has 0 aliphatic heterocycles. The molecule has 32 heavy (non-hydrogen) atoms. The van der Waals surface area contributed by atoms with Gasteiger partial charge in [0.2, 0.25) is 11.8 Å². The van der Waals surface area contributed by atoms with Crippen LogP contribution in [0.5, 0.6) is 0 Å². The van der Waals surface area contributed by atoms with E-state index in [0.717, 1.165) is 12.0 Å². The van der Waals surface area contributed by atoms with Gasteiger partial charge >= 0.3 is 5.97 Å². The molecule has 0 aliphatic carbocycles. The van der Waals surface area contributed by atoms with E-state index in [2.05, 4.69) is 10.6 Å². The van der Waals surface area contributed by atoms with Crippen LogP contribution in [0.25, 0.3) is 0 Å². The molecule has 0 spiro atoms. The first-order chi connectivity index (χ1) is 15.1. The summed E-state index contributed by atoms with van der Waals surface area (Å²) < 4.78 is 5.03. The third kappa shape index (κ3) is 7.48. The fourth-order valence-electron chi connectivity index (χ4n) is 3.71. The second-order valence-corrected chi connectivity index (χ2v) is 8.46. The first kappa shape index (κ1) is 27.4. The third-order valence-electron chi connectivity index (χ3n) is 5.72. The largest absolute Gasteiger partial charge is 0.463 e. The average Bonchev–Trinajstić information content (AvgIpc) is 2.77. The Labute approximate surface area is 192 Å². The molecule has 2 atom stereocenters. The second kappa shape index (κ2) is 13.0. The number of likely N-dealkylation sites (N-methyl/N-ethyl adjacent to an activating group) is 2. The van der Waals surface area contributed by atoms with Gasteiger partial charge in [0.1, 0.15) is 0 Å². The number of esters is 1. The van der Waals surface area contributed by atoms with Gasteiger partial charge in [-0.15, -0.1) is 0 Å². The zero-order chi connectivity index (χ0) is 24.3. The fraction of sp³-hybridized carbons (Fsp3) is 0.560. The topological polar surface area (TPSA) is 87.7 Å². The zero-order valence-corrected chi connectivity index (χ0v) is 20.5. The van der Waals surface area contributed by atoms with E-state index in [1.807, 2.05) is 51.1 Å². The maximum Gasteiger partial charge on any atom is 0.333 e. The molecule has 0 radical (unpaired) electrons. The molecule has 7 heteroatoms. The summed E-state index contributed by atoms with van der Waals surface area (Å²) in [6, 6.07) is 9.04. The maximum absolute atomic E-state index is 12.9. The Balaban J connectivity index is 2.85. The van der Waals surface area contributed by atoms with Crippen LogP contribution in [0, 0.1) is 0 Å². The Bertz CT molecular complexity index is 790. The second-order valence-electron chi connectivity index (χ2n) is 8.46. The number of hydrogen-bond acceptors (Lipinski definition) is 5. The van der Waals surface area contributed by atoms with E-state index < -0.39 is 11.5 Å². The van der Waals surface area contributed by atoms with E-state index in [-0.39, 0.29) is 30.4 Å². The van der Waals surface area contributed by atoms with E-state index in [9.17, 15) is 14.4 Å². The number of benzene rings is 1. The lowest BCUT2D eigenvalue weighted by Gasteiger charge is -2.34. The van der Waals surface area contributed by atoms with Gasteiger partial charge in [0.25, 0.3) is 0 Å². The maximum atomic E-state index is 12.9. The molecule has 1 unspecified atom stereocenters. The molecule has 0 aromatic heterocycles. The molecule has 1 rings (SSSR count). The number of amides is 2. The smallest absolute Gasteiger partial charge is 0.333 e. The number of nitrogens with one attached hydrogen (secondary N) is 2. The van der Waals surface area contributed by atoms with Gasteiger partial charge in [0.05, 0.1) is 25.2 Å². The van der Waals surface area contributed by atoms with Gasteiger partial charge in [0.15, 0.2) is 0 Å². The Morgan fingerprint density at radius 3 is 2.31 bits per heavy atom. The van der Waals surface area contributed by atoms with Crippen LogP contribution in [-0.2, 0) is 24.5 Å². The van der Waals surface area contributed by atoms with Gasteiger partial charge in [-0.1, -0.05) is 63.6 Å². The van der Waals surface area contributed by atoms with Crippen LogP contribution in [0.4, 0.5) is 0 Å². The van der Waals surface area contributed by atoms with Crippen LogP contribution in [0.2, 0.25) is 0 Å². The molecular weight excluding hydrogens is 406 g/mol. The molecule has 2 amide bonds. The van der Waals surface area contributed by atoms with Crippen molar-refractivity contribution in [1.82, 2.24) is 15.5 Å². The minimum atomic E-state index is -0.514. The van der Waals surface area contributed by atoms with Crippen molar-refractivity contribution in [3.05, 3.63) is 47.5 Å². The van der Waals surface area contributed by atoms with Gasteiger partial charge in [0, 0.05) is 18.0 Å². The molecule has 2 N–H and O–H groups in total. The lowest BCUT2D eigenvalue weighted by atomic mass is 9.77. The monoisotopic (exact) mass is 445 g/mol. The molecule has 1 aromatic rings. The standard InChI is InChI=1S/C25H39N3O4/c1-8-13-20(16-18(3)24(31)32-9-2)28(7)21(29)17-27-23(30)22(26-6)25(4,5)19-14-11-10-12-15-19/h10-12,14-16,20,22,26H,8-9,13,17H2,1-7H3,(H,27,30)/b18-16+/t20-,22?/m0/s1. The summed E-state index contributed by atoms with van der Waals surface area (Å²) in [5.74, 6) is -0.853. The van der Waals surface area contributed by atoms with Crippen molar-refractivity contribution >= 4 is 17.8 Å². The molecular formula is C25H39N3O4. The van der Waals surface area contributed by atoms with E-state index in [1.54, 1.807) is 38.9 Å². The lowest BCUT2D eigenvalue weighted by molar-refractivity contribution is -0.138. The van der Waals surface area contributed by atoms with Crippen molar-refractivity contribution in [3.63, 3.8) is 0 Å². The third-order valence-corrected chi connectivity index (χ3v) is 5.72. The van der Waals surface area contributed by atoms with E-state index in [1.165, 1.54) is 0 Å². The van der Waals surface area contributed by atoms with E-state index in [0.29, 0.717) is 18.6 Å². The molecule has 0 heterocycles. The van der Waals surface area contributed by atoms with Crippen molar-refractivity contribution in [2.75, 3.05) is 27.2 Å². The summed E-state index contributed by atoms with van der Waals surface area (Å²) in [4.78, 5) is 39.3. The van der Waals surface area contributed by atoms with Crippen LogP contribution in [0.3, 0.4) is 0 Å². The molecule has 0 aliphatic rings. The SMILES string of the molecule is CCC[C@@H](/C=C(\C)C(=O)OCC)N(C)C(=O)CNC(=O)C(NC)C(C)(C)c1ccccc1. The average molecular weight is 446 g/mol. The highest BCUT2D eigenvalue weighted by Gasteiger charge is 2.35. The van der Waals surface area contributed by atoms with Crippen molar-refractivity contribution in [1.29, 1.82) is 0 Å². The summed E-state index contributed by atoms with van der Waals surface area (Å²) in [5, 5.41) is 5.87. The molecule has 178 valence electrons. The number of nitrogens with zero attached hydrogens (tertiary/aromatic N) is 1. The summed E-state index contributed by atoms with van der Waals surface area (Å²) in [5.41, 5.74) is 1.02. The highest BCUT2D eigenvalue weighted by molar-refractivity contribution is 5.89. The molecule has 0 saturated carbocycles. The number of ether oxygens (including phenoxy) is 1. The molecule has 0 fully saturated rings. The van der Waals surface area contributed by atoms with Crippen LogP contribution in [-0.4, -0.2) is 62.0 Å². The van der Waals surface area contributed by atoms with Gasteiger partial charge in [-0.2, -0.15) is 0 Å². The number of rotatable bonds is 12. The van der Waals surface area contributed by atoms with Crippen molar-refractivity contribution in [3.8, 4) is 0 Å². The predicted octanol–water partition coefficient (Wildman–Crippen LogP) is 2.80. The van der Waals surface area contributed by atoms with Gasteiger partial charge < -0.3 is 20.3 Å². The van der Waals surface area contributed by atoms with Crippen LogP contribution in [0.15, 0.2) is 42.0 Å². The predicted molar refractivity (Wildman–Crippen MR) is 127 cm³/mol. The highest BCUT2D eigenvalue weighted by Crippen LogP contribution is 2.27. The number of carbonyl (C=O) groups is 3. The summed E-state index contributed by atoms with van der Waals surface area (Å²) in [7, 11) is 3.43. The quantitative estimate of drug-likeness (QED) is 0.382. The molecule has 0 saturated heterocycles. The van der Waals surface area contributed by atoms with E-state index >= 15 is 0 Å². The minimum Gasteiger partial charge on any atom is -0.463 e. The number of hydrogen-bond donors (Lipinski definition) is 2. The van der Waals surface area contributed by atoms with Gasteiger partial charge in [-0.3, -0.25) is 9.59 Å². The summed E-state index contributed by atoms with van der Waals surface area (Å²) in [6.45, 7) is 9.63. The van der Waals surface area contributed by atoms with Crippen LogP contribution in [0.1, 0.15) is 53.0 Å². The normalized spacial score (nSPS) is 13.8. The lowest BCUT2D eigenvalue weighted by Crippen LogP contribution is -2.55. The molecule has 0 bridgehead atoms. The Hall–Kier alpha value is -2.67. The zero-order valence-electron chi connectivity index (χ0n) is 20.5. The van der Waals surface area contributed by atoms with Crippen LogP contribution >= 0.6 is 0 Å². The summed E-state index contributed by atoms with van der Waals surface area (Å²) in [6.07, 6.45) is 3.30. The van der Waals surface area contributed by atoms with Crippen molar-refractivity contribution in [2.24, 2.45) is 0 Å². The highest BCUT2D eigenvalue weighted by atomic mass is 16.5.